The van der Waals surface area contributed by atoms with E-state index in [0.29, 0.717) is 10.7 Å². The highest BCUT2D eigenvalue weighted by Gasteiger charge is 2.52. The topological polar surface area (TPSA) is 57.4 Å². The Balaban J connectivity index is 2.28. The Morgan fingerprint density at radius 2 is 1.74 bits per heavy atom. The molecule has 2 rings (SSSR count). The van der Waals surface area contributed by atoms with Gasteiger partial charge in [0.15, 0.2) is 0 Å². The molecule has 1 aromatic heterocycles. The lowest BCUT2D eigenvalue weighted by Crippen LogP contribution is -2.41. The van der Waals surface area contributed by atoms with E-state index in [2.05, 4.69) is 4.98 Å². The van der Waals surface area contributed by atoms with Crippen molar-refractivity contribution >= 4 is 24.3 Å². The van der Waals surface area contributed by atoms with Gasteiger partial charge < -0.3 is 15.0 Å². The van der Waals surface area contributed by atoms with Crippen LogP contribution in [0.4, 0.5) is 0 Å². The van der Waals surface area contributed by atoms with Crippen LogP contribution in [-0.2, 0) is 9.31 Å². The minimum atomic E-state index is -0.496. The first-order valence-electron chi connectivity index (χ1n) is 6.41. The second-order valence-corrected chi connectivity index (χ2v) is 6.35. The third-order valence-electron chi connectivity index (χ3n) is 3.88. The fourth-order valence-electron chi connectivity index (χ4n) is 1.89. The molecular weight excluding hydrogens is 262 g/mol. The van der Waals surface area contributed by atoms with Crippen molar-refractivity contribution in [3.63, 3.8) is 0 Å². The van der Waals surface area contributed by atoms with Crippen LogP contribution in [0.25, 0.3) is 0 Å². The van der Waals surface area contributed by atoms with E-state index in [9.17, 15) is 0 Å². The number of hydrogen-bond acceptors (Lipinski definition) is 4. The zero-order chi connectivity index (χ0) is 14.4. The van der Waals surface area contributed by atoms with E-state index < -0.39 is 7.12 Å². The van der Waals surface area contributed by atoms with Crippen LogP contribution in [0, 0.1) is 0 Å². The average Bonchev–Trinajstić information content (AvgIpc) is 2.47. The van der Waals surface area contributed by atoms with Crippen LogP contribution in [-0.4, -0.2) is 23.3 Å². The third-order valence-corrected chi connectivity index (χ3v) is 4.19. The van der Waals surface area contributed by atoms with Gasteiger partial charge in [0.25, 0.3) is 0 Å². The number of rotatable bonds is 2. The Morgan fingerprint density at radius 1 is 1.21 bits per heavy atom. The fourth-order valence-corrected chi connectivity index (χ4v) is 2.23. The summed E-state index contributed by atoms with van der Waals surface area (Å²) in [5, 5.41) is 0.405. The molecule has 2 N–H and O–H groups in total. The third kappa shape index (κ3) is 2.65. The molecule has 1 atom stereocenters. The standard InChI is InChI=1S/C13H20BClN2O2/c1-8(16)9-6-7-10(17-11(9)15)14-18-12(2,3)13(4,5)19-14/h6-8H,16H2,1-5H3. The molecule has 0 amide bonds. The van der Waals surface area contributed by atoms with Crippen molar-refractivity contribution < 1.29 is 9.31 Å². The smallest absolute Gasteiger partial charge is 0.398 e. The minimum Gasteiger partial charge on any atom is -0.398 e. The van der Waals surface area contributed by atoms with Crippen LogP contribution >= 0.6 is 11.6 Å². The van der Waals surface area contributed by atoms with Crippen molar-refractivity contribution in [1.82, 2.24) is 4.98 Å². The van der Waals surface area contributed by atoms with Crippen LogP contribution in [0.15, 0.2) is 12.1 Å². The Bertz CT molecular complexity index is 476. The maximum atomic E-state index is 6.14. The van der Waals surface area contributed by atoms with Gasteiger partial charge in [0.1, 0.15) is 5.15 Å². The Morgan fingerprint density at radius 3 is 2.16 bits per heavy atom. The fraction of sp³-hybridized carbons (Fsp3) is 0.615. The van der Waals surface area contributed by atoms with E-state index >= 15 is 0 Å². The molecule has 1 unspecified atom stereocenters. The first kappa shape index (κ1) is 14.8. The monoisotopic (exact) mass is 282 g/mol. The Hall–Kier alpha value is -0.615. The van der Waals surface area contributed by atoms with Crippen molar-refractivity contribution in [3.8, 4) is 0 Å². The molecule has 1 saturated heterocycles. The second kappa shape index (κ2) is 4.74. The van der Waals surface area contributed by atoms with Gasteiger partial charge in [-0.25, -0.2) is 4.98 Å². The van der Waals surface area contributed by atoms with E-state index in [1.807, 2.05) is 46.8 Å². The molecular formula is C13H20BClN2O2. The van der Waals surface area contributed by atoms with Gasteiger partial charge in [-0.15, -0.1) is 0 Å². The Labute approximate surface area is 119 Å². The highest BCUT2D eigenvalue weighted by atomic mass is 35.5. The number of hydrogen-bond donors (Lipinski definition) is 1. The van der Waals surface area contributed by atoms with Crippen LogP contribution in [0.2, 0.25) is 5.15 Å². The predicted molar refractivity (Wildman–Crippen MR) is 77.6 cm³/mol. The maximum Gasteiger partial charge on any atom is 0.514 e. The molecule has 6 heteroatoms. The van der Waals surface area contributed by atoms with Gasteiger partial charge in [0.2, 0.25) is 0 Å². The summed E-state index contributed by atoms with van der Waals surface area (Å²) in [5.74, 6) is 0. The molecule has 1 fully saturated rings. The molecule has 1 aromatic rings. The van der Waals surface area contributed by atoms with Gasteiger partial charge in [-0.3, -0.25) is 0 Å². The van der Waals surface area contributed by atoms with Crippen molar-refractivity contribution in [1.29, 1.82) is 0 Å². The van der Waals surface area contributed by atoms with Gasteiger partial charge in [-0.1, -0.05) is 17.7 Å². The zero-order valence-corrected chi connectivity index (χ0v) is 12.8. The molecule has 1 aliphatic rings. The number of aromatic nitrogens is 1. The van der Waals surface area contributed by atoms with Gasteiger partial charge in [-0.05, 0) is 40.7 Å². The number of nitrogens with zero attached hydrogens (tertiary/aromatic N) is 1. The SMILES string of the molecule is CC(N)c1ccc(B2OC(C)(C)C(C)(C)O2)nc1Cl. The van der Waals surface area contributed by atoms with Crippen molar-refractivity contribution in [2.24, 2.45) is 5.73 Å². The number of pyridine rings is 1. The van der Waals surface area contributed by atoms with E-state index in [-0.39, 0.29) is 17.2 Å². The molecule has 104 valence electrons. The summed E-state index contributed by atoms with van der Waals surface area (Å²) in [4.78, 5) is 4.34. The quantitative estimate of drug-likeness (QED) is 0.666. The normalized spacial score (nSPS) is 22.6. The van der Waals surface area contributed by atoms with Crippen LogP contribution in [0.3, 0.4) is 0 Å². The second-order valence-electron chi connectivity index (χ2n) is 5.99. The summed E-state index contributed by atoms with van der Waals surface area (Å²) in [6.45, 7) is 9.89. The Kier molecular flexibility index (Phi) is 3.69. The lowest BCUT2D eigenvalue weighted by molar-refractivity contribution is 0.00578. The predicted octanol–water partition coefficient (Wildman–Crippen LogP) is 2.05. The summed E-state index contributed by atoms with van der Waals surface area (Å²) in [6.07, 6.45) is 0. The molecule has 1 aliphatic heterocycles. The van der Waals surface area contributed by atoms with Crippen LogP contribution < -0.4 is 11.3 Å². The zero-order valence-electron chi connectivity index (χ0n) is 12.0. The van der Waals surface area contributed by atoms with E-state index in [1.165, 1.54) is 0 Å². The van der Waals surface area contributed by atoms with E-state index in [4.69, 9.17) is 26.6 Å². The van der Waals surface area contributed by atoms with Crippen LogP contribution in [0.5, 0.6) is 0 Å². The summed E-state index contributed by atoms with van der Waals surface area (Å²) < 4.78 is 11.9. The van der Waals surface area contributed by atoms with Crippen LogP contribution in [0.1, 0.15) is 46.2 Å². The maximum absolute atomic E-state index is 6.14. The summed E-state index contributed by atoms with van der Waals surface area (Å²) in [7, 11) is -0.496. The molecule has 0 aromatic carbocycles. The van der Waals surface area contributed by atoms with Gasteiger partial charge >= 0.3 is 7.12 Å². The highest BCUT2D eigenvalue weighted by molar-refractivity contribution is 6.61. The number of halogens is 1. The summed E-state index contributed by atoms with van der Waals surface area (Å²) in [6, 6.07) is 3.58. The first-order valence-corrected chi connectivity index (χ1v) is 6.79. The largest absolute Gasteiger partial charge is 0.514 e. The molecule has 4 nitrogen and oxygen atoms in total. The van der Waals surface area contributed by atoms with E-state index in [0.717, 1.165) is 5.56 Å². The molecule has 2 heterocycles. The van der Waals surface area contributed by atoms with Gasteiger partial charge in [0.05, 0.1) is 16.8 Å². The van der Waals surface area contributed by atoms with Crippen molar-refractivity contribution in [3.05, 3.63) is 22.8 Å². The number of nitrogens with two attached hydrogens (primary N) is 1. The highest BCUT2D eigenvalue weighted by Crippen LogP contribution is 2.36. The molecule has 0 aliphatic carbocycles. The van der Waals surface area contributed by atoms with E-state index in [1.54, 1.807) is 0 Å². The van der Waals surface area contributed by atoms with Gasteiger partial charge in [0, 0.05) is 11.6 Å². The lowest BCUT2D eigenvalue weighted by Gasteiger charge is -2.32. The summed E-state index contributed by atoms with van der Waals surface area (Å²) in [5.41, 5.74) is 6.55. The molecule has 0 bridgehead atoms. The summed E-state index contributed by atoms with van der Waals surface area (Å²) >= 11 is 6.14. The molecule has 19 heavy (non-hydrogen) atoms. The minimum absolute atomic E-state index is 0.146. The molecule has 0 radical (unpaired) electrons. The molecule has 0 saturated carbocycles. The van der Waals surface area contributed by atoms with Crippen molar-refractivity contribution in [2.45, 2.75) is 51.9 Å². The van der Waals surface area contributed by atoms with Gasteiger partial charge in [-0.2, -0.15) is 0 Å². The van der Waals surface area contributed by atoms with Crippen molar-refractivity contribution in [2.75, 3.05) is 0 Å². The molecule has 0 spiro atoms. The average molecular weight is 283 g/mol. The first-order chi connectivity index (χ1) is 8.64. The lowest BCUT2D eigenvalue weighted by atomic mass is 9.84.